The molecule has 0 aromatic heterocycles. The molecule has 0 bridgehead atoms. The van der Waals surface area contributed by atoms with Crippen LogP contribution in [0.2, 0.25) is 0 Å². The smallest absolute Gasteiger partial charge is 0.251 e. The van der Waals surface area contributed by atoms with Gasteiger partial charge < -0.3 is 15.4 Å². The van der Waals surface area contributed by atoms with Crippen LogP contribution in [0.4, 0.5) is 0 Å². The Balaban J connectivity index is 1.65. The van der Waals surface area contributed by atoms with Crippen LogP contribution in [0.15, 0.2) is 54.6 Å². The minimum atomic E-state index is -0.610. The Labute approximate surface area is 166 Å². The number of hydrogen-bond donors (Lipinski definition) is 2. The quantitative estimate of drug-likeness (QED) is 0.810. The first-order valence-electron chi connectivity index (χ1n) is 9.79. The summed E-state index contributed by atoms with van der Waals surface area (Å²) in [7, 11) is 0. The molecule has 1 fully saturated rings. The summed E-state index contributed by atoms with van der Waals surface area (Å²) in [4.78, 5) is 24.9. The lowest BCUT2D eigenvalue weighted by atomic mass is 9.72. The van der Waals surface area contributed by atoms with E-state index in [9.17, 15) is 9.59 Å². The minimum Gasteiger partial charge on any atom is -0.381 e. The maximum atomic E-state index is 12.7. The minimum absolute atomic E-state index is 0.136. The standard InChI is InChI=1S/C23H28N2O3/c1-17-8-6-7-11-20(17)23(12-14-28-15-13-23)16-24-21(26)18(2)25-22(27)19-9-4-3-5-10-19/h3-11,18H,12-16H2,1-2H3,(H,24,26)(H,25,27). The van der Waals surface area contributed by atoms with Crippen LogP contribution >= 0.6 is 0 Å². The number of hydrogen-bond acceptors (Lipinski definition) is 3. The van der Waals surface area contributed by atoms with Crippen LogP contribution in [0.5, 0.6) is 0 Å². The average molecular weight is 380 g/mol. The maximum absolute atomic E-state index is 12.7. The number of benzene rings is 2. The summed E-state index contributed by atoms with van der Waals surface area (Å²) in [6, 6.07) is 16.6. The van der Waals surface area contributed by atoms with Crippen molar-refractivity contribution in [2.24, 2.45) is 0 Å². The molecule has 1 heterocycles. The molecule has 0 radical (unpaired) electrons. The van der Waals surface area contributed by atoms with Crippen LogP contribution in [0.25, 0.3) is 0 Å². The second kappa shape index (κ2) is 9.02. The van der Waals surface area contributed by atoms with E-state index in [2.05, 4.69) is 29.7 Å². The summed E-state index contributed by atoms with van der Waals surface area (Å²) in [6.07, 6.45) is 1.73. The molecule has 1 unspecified atom stereocenters. The second-order valence-corrected chi connectivity index (χ2v) is 7.49. The molecule has 2 aromatic carbocycles. The van der Waals surface area contributed by atoms with Gasteiger partial charge in [-0.1, -0.05) is 42.5 Å². The Morgan fingerprint density at radius 3 is 2.36 bits per heavy atom. The van der Waals surface area contributed by atoms with E-state index in [1.54, 1.807) is 31.2 Å². The van der Waals surface area contributed by atoms with Gasteiger partial charge in [0.2, 0.25) is 5.91 Å². The van der Waals surface area contributed by atoms with E-state index < -0.39 is 6.04 Å². The molecule has 0 spiro atoms. The Hall–Kier alpha value is -2.66. The first-order valence-corrected chi connectivity index (χ1v) is 9.79. The van der Waals surface area contributed by atoms with Gasteiger partial charge in [-0.2, -0.15) is 0 Å². The van der Waals surface area contributed by atoms with Gasteiger partial charge in [-0.3, -0.25) is 9.59 Å². The number of rotatable bonds is 6. The van der Waals surface area contributed by atoms with E-state index in [4.69, 9.17) is 4.74 Å². The van der Waals surface area contributed by atoms with Crippen molar-refractivity contribution in [3.05, 3.63) is 71.3 Å². The van der Waals surface area contributed by atoms with E-state index in [1.165, 1.54) is 11.1 Å². The molecule has 5 nitrogen and oxygen atoms in total. The highest BCUT2D eigenvalue weighted by atomic mass is 16.5. The highest BCUT2D eigenvalue weighted by molar-refractivity contribution is 5.97. The number of amides is 2. The summed E-state index contributed by atoms with van der Waals surface area (Å²) >= 11 is 0. The highest BCUT2D eigenvalue weighted by Crippen LogP contribution is 2.36. The lowest BCUT2D eigenvalue weighted by molar-refractivity contribution is -0.123. The third kappa shape index (κ3) is 4.60. The van der Waals surface area contributed by atoms with Gasteiger partial charge in [0.15, 0.2) is 0 Å². The van der Waals surface area contributed by atoms with Gasteiger partial charge in [0.1, 0.15) is 6.04 Å². The molecule has 1 saturated heterocycles. The predicted octanol–water partition coefficient (Wildman–Crippen LogP) is 2.98. The normalized spacial score (nSPS) is 16.8. The van der Waals surface area contributed by atoms with Crippen LogP contribution < -0.4 is 10.6 Å². The first kappa shape index (κ1) is 20.1. The van der Waals surface area contributed by atoms with Gasteiger partial charge in [0, 0.05) is 30.7 Å². The Bertz CT molecular complexity index is 814. The molecule has 1 aliphatic heterocycles. The van der Waals surface area contributed by atoms with Crippen molar-refractivity contribution in [1.82, 2.24) is 10.6 Å². The van der Waals surface area contributed by atoms with Crippen molar-refractivity contribution in [3.63, 3.8) is 0 Å². The summed E-state index contributed by atoms with van der Waals surface area (Å²) in [5, 5.41) is 5.84. The zero-order valence-corrected chi connectivity index (χ0v) is 16.5. The van der Waals surface area contributed by atoms with Crippen molar-refractivity contribution in [3.8, 4) is 0 Å². The van der Waals surface area contributed by atoms with Gasteiger partial charge in [-0.25, -0.2) is 0 Å². The van der Waals surface area contributed by atoms with E-state index in [0.29, 0.717) is 25.3 Å². The van der Waals surface area contributed by atoms with Gasteiger partial charge in [0.05, 0.1) is 0 Å². The summed E-state index contributed by atoms with van der Waals surface area (Å²) in [5.41, 5.74) is 2.90. The fraction of sp³-hybridized carbons (Fsp3) is 0.391. The van der Waals surface area contributed by atoms with Crippen LogP contribution in [-0.2, 0) is 14.9 Å². The molecule has 1 aliphatic rings. The molecule has 2 N–H and O–H groups in total. The lowest BCUT2D eigenvalue weighted by Gasteiger charge is -2.39. The van der Waals surface area contributed by atoms with Gasteiger partial charge in [0.25, 0.3) is 5.91 Å². The number of carbonyl (C=O) groups excluding carboxylic acids is 2. The zero-order chi connectivity index (χ0) is 20.0. The number of carbonyl (C=O) groups is 2. The van der Waals surface area contributed by atoms with Gasteiger partial charge in [-0.15, -0.1) is 0 Å². The first-order chi connectivity index (χ1) is 13.5. The molecule has 2 aromatic rings. The second-order valence-electron chi connectivity index (χ2n) is 7.49. The molecule has 1 atom stereocenters. The van der Waals surface area contributed by atoms with Gasteiger partial charge in [-0.05, 0) is 49.9 Å². The zero-order valence-electron chi connectivity index (χ0n) is 16.5. The maximum Gasteiger partial charge on any atom is 0.251 e. The molecular formula is C23H28N2O3. The predicted molar refractivity (Wildman–Crippen MR) is 109 cm³/mol. The van der Waals surface area contributed by atoms with Crippen LogP contribution in [-0.4, -0.2) is 37.6 Å². The third-order valence-corrected chi connectivity index (χ3v) is 5.54. The summed E-state index contributed by atoms with van der Waals surface area (Å²) < 4.78 is 5.57. The summed E-state index contributed by atoms with van der Waals surface area (Å²) in [6.45, 7) is 5.72. The van der Waals surface area contributed by atoms with Crippen molar-refractivity contribution < 1.29 is 14.3 Å². The largest absolute Gasteiger partial charge is 0.381 e. The van der Waals surface area contributed by atoms with Crippen LogP contribution in [0.1, 0.15) is 41.3 Å². The van der Waals surface area contributed by atoms with Gasteiger partial charge >= 0.3 is 0 Å². The molecule has 28 heavy (non-hydrogen) atoms. The molecule has 3 rings (SSSR count). The van der Waals surface area contributed by atoms with Crippen molar-refractivity contribution in [1.29, 1.82) is 0 Å². The van der Waals surface area contributed by atoms with Crippen molar-refractivity contribution in [2.75, 3.05) is 19.8 Å². The third-order valence-electron chi connectivity index (χ3n) is 5.54. The fourth-order valence-corrected chi connectivity index (χ4v) is 3.82. The number of aryl methyl sites for hydroxylation is 1. The Kier molecular flexibility index (Phi) is 6.47. The topological polar surface area (TPSA) is 67.4 Å². The SMILES string of the molecule is Cc1ccccc1C1(CNC(=O)C(C)NC(=O)c2ccccc2)CCOCC1. The van der Waals surface area contributed by atoms with E-state index in [0.717, 1.165) is 12.8 Å². The molecular weight excluding hydrogens is 352 g/mol. The van der Waals surface area contributed by atoms with E-state index in [-0.39, 0.29) is 17.2 Å². The monoisotopic (exact) mass is 380 g/mol. The van der Waals surface area contributed by atoms with E-state index >= 15 is 0 Å². The van der Waals surface area contributed by atoms with Crippen molar-refractivity contribution >= 4 is 11.8 Å². The molecule has 5 heteroatoms. The van der Waals surface area contributed by atoms with Crippen molar-refractivity contribution in [2.45, 2.75) is 38.1 Å². The highest BCUT2D eigenvalue weighted by Gasteiger charge is 2.36. The van der Waals surface area contributed by atoms with Crippen LogP contribution in [0, 0.1) is 6.92 Å². The number of ether oxygens (including phenoxy) is 1. The lowest BCUT2D eigenvalue weighted by Crippen LogP contribution is -2.50. The van der Waals surface area contributed by atoms with Crippen LogP contribution in [0.3, 0.4) is 0 Å². The molecule has 2 amide bonds. The molecule has 0 aliphatic carbocycles. The molecule has 148 valence electrons. The Morgan fingerprint density at radius 1 is 1.04 bits per heavy atom. The molecule has 0 saturated carbocycles. The van der Waals surface area contributed by atoms with E-state index in [1.807, 2.05) is 18.2 Å². The number of nitrogens with one attached hydrogen (secondary N) is 2. The fourth-order valence-electron chi connectivity index (χ4n) is 3.82. The summed E-state index contributed by atoms with van der Waals surface area (Å²) in [5.74, 6) is -0.424. The Morgan fingerprint density at radius 2 is 1.68 bits per heavy atom. The average Bonchev–Trinajstić information content (AvgIpc) is 2.73.